The molecule has 1 heterocycles. The van der Waals surface area contributed by atoms with Gasteiger partial charge in [0, 0.05) is 25.3 Å². The van der Waals surface area contributed by atoms with Gasteiger partial charge >= 0.3 is 0 Å². The van der Waals surface area contributed by atoms with Gasteiger partial charge in [-0.25, -0.2) is 9.97 Å². The number of aromatic nitrogens is 2. The molecule has 1 aromatic heterocycles. The molecule has 0 fully saturated rings. The van der Waals surface area contributed by atoms with E-state index in [4.69, 9.17) is 0 Å². The summed E-state index contributed by atoms with van der Waals surface area (Å²) in [4.78, 5) is 10.8. The molecule has 4 heteroatoms. The molecule has 0 saturated carbocycles. The number of anilines is 3. The highest BCUT2D eigenvalue weighted by Gasteiger charge is 2.05. The molecule has 0 saturated heterocycles. The summed E-state index contributed by atoms with van der Waals surface area (Å²) in [5, 5.41) is 3.40. The zero-order chi connectivity index (χ0) is 15.1. The Morgan fingerprint density at radius 1 is 1.14 bits per heavy atom. The van der Waals surface area contributed by atoms with Gasteiger partial charge < -0.3 is 10.2 Å². The van der Waals surface area contributed by atoms with Crippen molar-refractivity contribution in [3.8, 4) is 0 Å². The highest BCUT2D eigenvalue weighted by atomic mass is 15.2. The molecule has 1 aromatic carbocycles. The number of rotatable bonds is 7. The van der Waals surface area contributed by atoms with E-state index in [0.29, 0.717) is 0 Å². The lowest BCUT2D eigenvalue weighted by molar-refractivity contribution is 0.758. The zero-order valence-corrected chi connectivity index (χ0v) is 13.1. The first-order valence-corrected chi connectivity index (χ1v) is 7.62. The quantitative estimate of drug-likeness (QED) is 0.833. The second-order valence-corrected chi connectivity index (χ2v) is 5.17. The van der Waals surface area contributed by atoms with Crippen molar-refractivity contribution in [2.45, 2.75) is 33.1 Å². The van der Waals surface area contributed by atoms with E-state index in [0.717, 1.165) is 30.3 Å². The second-order valence-electron chi connectivity index (χ2n) is 5.17. The third kappa shape index (κ3) is 4.18. The highest BCUT2D eigenvalue weighted by molar-refractivity contribution is 5.62. The molecule has 1 N–H and O–H groups in total. The summed E-state index contributed by atoms with van der Waals surface area (Å²) in [6.07, 6.45) is 4.97. The molecule has 0 unspecified atom stereocenters. The summed E-state index contributed by atoms with van der Waals surface area (Å²) in [5.74, 6) is 1.79. The lowest BCUT2D eigenvalue weighted by atomic mass is 10.1. The summed E-state index contributed by atoms with van der Waals surface area (Å²) in [6.45, 7) is 5.37. The van der Waals surface area contributed by atoms with E-state index in [1.807, 2.05) is 12.1 Å². The standard InChI is InChI=1S/C17H24N4/c1-4-6-11-21(3)17-12-16(18-13-19-17)20-15-10-8-7-9-14(15)5-2/h7-10,12-13H,4-6,11H2,1-3H3,(H,18,19,20). The first kappa shape index (κ1) is 15.3. The average molecular weight is 284 g/mol. The third-order valence-electron chi connectivity index (χ3n) is 3.55. The summed E-state index contributed by atoms with van der Waals surface area (Å²) in [5.41, 5.74) is 2.40. The molecule has 0 spiro atoms. The van der Waals surface area contributed by atoms with Crippen LogP contribution in [0.2, 0.25) is 0 Å². The number of nitrogens with one attached hydrogen (secondary N) is 1. The van der Waals surface area contributed by atoms with Crippen molar-refractivity contribution in [2.24, 2.45) is 0 Å². The Hall–Kier alpha value is -2.10. The van der Waals surface area contributed by atoms with Gasteiger partial charge in [-0.2, -0.15) is 0 Å². The Morgan fingerprint density at radius 2 is 1.95 bits per heavy atom. The average Bonchev–Trinajstić information content (AvgIpc) is 2.53. The van der Waals surface area contributed by atoms with Crippen LogP contribution in [0.5, 0.6) is 0 Å². The van der Waals surface area contributed by atoms with Crippen LogP contribution in [0.3, 0.4) is 0 Å². The number of aryl methyl sites for hydroxylation is 1. The zero-order valence-electron chi connectivity index (χ0n) is 13.1. The van der Waals surface area contributed by atoms with Gasteiger partial charge in [0.25, 0.3) is 0 Å². The van der Waals surface area contributed by atoms with Gasteiger partial charge in [0.1, 0.15) is 18.0 Å². The predicted molar refractivity (Wildman–Crippen MR) is 89.3 cm³/mol. The predicted octanol–water partition coefficient (Wildman–Crippen LogP) is 4.02. The summed E-state index contributed by atoms with van der Waals surface area (Å²) in [6, 6.07) is 10.3. The molecule has 0 aliphatic carbocycles. The van der Waals surface area contributed by atoms with E-state index in [-0.39, 0.29) is 0 Å². The second kappa shape index (κ2) is 7.62. The third-order valence-corrected chi connectivity index (χ3v) is 3.55. The van der Waals surface area contributed by atoms with E-state index in [9.17, 15) is 0 Å². The maximum absolute atomic E-state index is 4.35. The smallest absolute Gasteiger partial charge is 0.135 e. The van der Waals surface area contributed by atoms with Crippen molar-refractivity contribution in [1.29, 1.82) is 0 Å². The minimum atomic E-state index is 0.837. The van der Waals surface area contributed by atoms with Crippen LogP contribution < -0.4 is 10.2 Å². The molecular weight excluding hydrogens is 260 g/mol. The van der Waals surface area contributed by atoms with Gasteiger partial charge in [0.2, 0.25) is 0 Å². The number of unbranched alkanes of at least 4 members (excludes halogenated alkanes) is 1. The van der Waals surface area contributed by atoms with Gasteiger partial charge in [-0.1, -0.05) is 38.5 Å². The molecule has 2 aromatic rings. The Bertz CT molecular complexity index is 568. The lowest BCUT2D eigenvalue weighted by Crippen LogP contribution is -2.19. The van der Waals surface area contributed by atoms with Crippen molar-refractivity contribution in [3.63, 3.8) is 0 Å². The maximum atomic E-state index is 4.35. The number of benzene rings is 1. The normalized spacial score (nSPS) is 10.4. The number of hydrogen-bond acceptors (Lipinski definition) is 4. The van der Waals surface area contributed by atoms with Crippen LogP contribution in [-0.2, 0) is 6.42 Å². The van der Waals surface area contributed by atoms with Crippen LogP contribution in [0.25, 0.3) is 0 Å². The SMILES string of the molecule is CCCCN(C)c1cc(Nc2ccccc2CC)ncn1. The summed E-state index contributed by atoms with van der Waals surface area (Å²) in [7, 11) is 2.07. The number of nitrogens with zero attached hydrogens (tertiary/aromatic N) is 3. The Balaban J connectivity index is 2.14. The Morgan fingerprint density at radius 3 is 2.71 bits per heavy atom. The van der Waals surface area contributed by atoms with E-state index in [1.54, 1.807) is 6.33 Å². The van der Waals surface area contributed by atoms with Gasteiger partial charge in [-0.3, -0.25) is 0 Å². The monoisotopic (exact) mass is 284 g/mol. The van der Waals surface area contributed by atoms with Gasteiger partial charge in [0.15, 0.2) is 0 Å². The van der Waals surface area contributed by atoms with Gasteiger partial charge in [-0.05, 0) is 24.5 Å². The summed E-state index contributed by atoms with van der Waals surface area (Å²) >= 11 is 0. The molecule has 2 rings (SSSR count). The molecule has 21 heavy (non-hydrogen) atoms. The van der Waals surface area contributed by atoms with Crippen LogP contribution in [0.4, 0.5) is 17.3 Å². The largest absolute Gasteiger partial charge is 0.360 e. The summed E-state index contributed by atoms with van der Waals surface area (Å²) < 4.78 is 0. The maximum Gasteiger partial charge on any atom is 0.135 e. The molecule has 0 aliphatic rings. The molecule has 0 aliphatic heterocycles. The van der Waals surface area contributed by atoms with Crippen molar-refractivity contribution in [1.82, 2.24) is 9.97 Å². The Labute approximate surface area is 127 Å². The number of para-hydroxylation sites is 1. The van der Waals surface area contributed by atoms with Gasteiger partial charge in [0.05, 0.1) is 0 Å². The van der Waals surface area contributed by atoms with Crippen LogP contribution in [-0.4, -0.2) is 23.6 Å². The lowest BCUT2D eigenvalue weighted by Gasteiger charge is -2.18. The van der Waals surface area contributed by atoms with Crippen molar-refractivity contribution >= 4 is 17.3 Å². The topological polar surface area (TPSA) is 41.0 Å². The molecule has 4 nitrogen and oxygen atoms in total. The molecular formula is C17H24N4. The van der Waals surface area contributed by atoms with E-state index >= 15 is 0 Å². The van der Waals surface area contributed by atoms with Gasteiger partial charge in [-0.15, -0.1) is 0 Å². The van der Waals surface area contributed by atoms with Crippen molar-refractivity contribution in [2.75, 3.05) is 23.8 Å². The molecule has 0 radical (unpaired) electrons. The van der Waals surface area contributed by atoms with E-state index in [2.05, 4.69) is 59.3 Å². The highest BCUT2D eigenvalue weighted by Crippen LogP contribution is 2.21. The van der Waals surface area contributed by atoms with E-state index in [1.165, 1.54) is 18.4 Å². The molecule has 112 valence electrons. The minimum Gasteiger partial charge on any atom is -0.360 e. The van der Waals surface area contributed by atoms with Crippen LogP contribution in [0.15, 0.2) is 36.7 Å². The Kier molecular flexibility index (Phi) is 5.55. The number of hydrogen-bond donors (Lipinski definition) is 1. The fraction of sp³-hybridized carbons (Fsp3) is 0.412. The molecule has 0 atom stereocenters. The fourth-order valence-electron chi connectivity index (χ4n) is 2.22. The fourth-order valence-corrected chi connectivity index (χ4v) is 2.22. The van der Waals surface area contributed by atoms with Crippen LogP contribution >= 0.6 is 0 Å². The van der Waals surface area contributed by atoms with Crippen LogP contribution in [0.1, 0.15) is 32.3 Å². The first-order chi connectivity index (χ1) is 10.2. The van der Waals surface area contributed by atoms with Crippen molar-refractivity contribution in [3.05, 3.63) is 42.2 Å². The van der Waals surface area contributed by atoms with E-state index < -0.39 is 0 Å². The van der Waals surface area contributed by atoms with Crippen LogP contribution in [0, 0.1) is 0 Å². The van der Waals surface area contributed by atoms with Crippen molar-refractivity contribution < 1.29 is 0 Å². The first-order valence-electron chi connectivity index (χ1n) is 7.62. The molecule has 0 amide bonds. The molecule has 0 bridgehead atoms. The minimum absolute atomic E-state index is 0.837.